The SMILES string of the molecule is C=CC(=O)Nc1ccc(OC)c(Cc2ncc(Cl)c(Cc3ccccc3C(=O)C(=O)N(CC)CC)n2)c1. The molecule has 0 radical (unpaired) electrons. The number of anilines is 1. The predicted molar refractivity (Wildman–Crippen MR) is 143 cm³/mol. The number of carbonyl (C=O) groups is 3. The number of amides is 2. The molecule has 0 saturated heterocycles. The highest BCUT2D eigenvalue weighted by Crippen LogP contribution is 2.26. The third-order valence-electron chi connectivity index (χ3n) is 5.81. The average molecular weight is 521 g/mol. The van der Waals surface area contributed by atoms with Gasteiger partial charge in [0.05, 0.1) is 17.8 Å². The number of nitrogens with one attached hydrogen (secondary N) is 1. The fraction of sp³-hybridized carbons (Fsp3) is 0.250. The molecule has 3 aromatic rings. The number of methoxy groups -OCH3 is 1. The zero-order valence-corrected chi connectivity index (χ0v) is 21.8. The average Bonchev–Trinajstić information content (AvgIpc) is 2.91. The Hall–Kier alpha value is -4.04. The summed E-state index contributed by atoms with van der Waals surface area (Å²) in [6, 6.07) is 12.2. The van der Waals surface area contributed by atoms with Crippen LogP contribution in [-0.2, 0) is 22.4 Å². The van der Waals surface area contributed by atoms with Crippen molar-refractivity contribution >= 4 is 34.9 Å². The molecule has 0 bridgehead atoms. The highest BCUT2D eigenvalue weighted by atomic mass is 35.5. The lowest BCUT2D eigenvalue weighted by Gasteiger charge is -2.18. The van der Waals surface area contributed by atoms with Gasteiger partial charge in [0.15, 0.2) is 0 Å². The van der Waals surface area contributed by atoms with E-state index in [0.717, 1.165) is 5.56 Å². The highest BCUT2D eigenvalue weighted by Gasteiger charge is 2.24. The number of nitrogens with zero attached hydrogens (tertiary/aromatic N) is 3. The minimum atomic E-state index is -0.562. The third kappa shape index (κ3) is 6.80. The zero-order valence-electron chi connectivity index (χ0n) is 21.1. The van der Waals surface area contributed by atoms with Crippen LogP contribution < -0.4 is 10.1 Å². The van der Waals surface area contributed by atoms with Crippen LogP contribution in [0.3, 0.4) is 0 Å². The first-order chi connectivity index (χ1) is 17.8. The molecule has 0 unspecified atom stereocenters. The smallest absolute Gasteiger partial charge is 0.294 e. The molecular formula is C28H29ClN4O4. The third-order valence-corrected chi connectivity index (χ3v) is 6.13. The summed E-state index contributed by atoms with van der Waals surface area (Å²) < 4.78 is 5.47. The molecule has 192 valence electrons. The van der Waals surface area contributed by atoms with Gasteiger partial charge in [-0.05, 0) is 43.7 Å². The minimum Gasteiger partial charge on any atom is -0.496 e. The Kier molecular flexibility index (Phi) is 9.51. The lowest BCUT2D eigenvalue weighted by molar-refractivity contribution is -0.126. The van der Waals surface area contributed by atoms with Gasteiger partial charge < -0.3 is 15.0 Å². The van der Waals surface area contributed by atoms with Crippen LogP contribution in [0.4, 0.5) is 5.69 Å². The van der Waals surface area contributed by atoms with Gasteiger partial charge in [0, 0.05) is 48.9 Å². The van der Waals surface area contributed by atoms with E-state index < -0.39 is 11.7 Å². The van der Waals surface area contributed by atoms with Gasteiger partial charge >= 0.3 is 0 Å². The molecule has 0 saturated carbocycles. The number of carbonyl (C=O) groups excluding carboxylic acids is 3. The lowest BCUT2D eigenvalue weighted by Crippen LogP contribution is -2.36. The van der Waals surface area contributed by atoms with Crippen LogP contribution in [0.2, 0.25) is 5.02 Å². The maximum absolute atomic E-state index is 13.0. The number of benzene rings is 2. The fourth-order valence-corrected chi connectivity index (χ4v) is 4.01. The monoisotopic (exact) mass is 520 g/mol. The van der Waals surface area contributed by atoms with Crippen LogP contribution >= 0.6 is 11.6 Å². The van der Waals surface area contributed by atoms with Crippen molar-refractivity contribution in [2.75, 3.05) is 25.5 Å². The molecule has 2 aromatic carbocycles. The summed E-state index contributed by atoms with van der Waals surface area (Å²) in [6.45, 7) is 8.04. The Bertz CT molecular complexity index is 1320. The topological polar surface area (TPSA) is 101 Å². The van der Waals surface area contributed by atoms with E-state index in [-0.39, 0.29) is 12.3 Å². The second-order valence-corrected chi connectivity index (χ2v) is 8.53. The number of likely N-dealkylation sites (N-methyl/N-ethyl adjacent to an activating group) is 1. The molecule has 0 spiro atoms. The molecule has 3 rings (SSSR count). The first-order valence-corrected chi connectivity index (χ1v) is 12.2. The molecule has 37 heavy (non-hydrogen) atoms. The summed E-state index contributed by atoms with van der Waals surface area (Å²) in [5.74, 6) is -0.334. The normalized spacial score (nSPS) is 10.5. The Morgan fingerprint density at radius 1 is 1.08 bits per heavy atom. The summed E-state index contributed by atoms with van der Waals surface area (Å²) in [6.07, 6.45) is 3.26. The first-order valence-electron chi connectivity index (χ1n) is 11.8. The second kappa shape index (κ2) is 12.8. The number of aromatic nitrogens is 2. The number of ether oxygens (including phenoxy) is 1. The number of Topliss-reactive ketones (excluding diaryl/α,β-unsaturated/α-hetero) is 1. The molecule has 9 heteroatoms. The van der Waals surface area contributed by atoms with Crippen molar-refractivity contribution in [2.24, 2.45) is 0 Å². The maximum Gasteiger partial charge on any atom is 0.294 e. The van der Waals surface area contributed by atoms with Crippen molar-refractivity contribution in [3.05, 3.63) is 94.5 Å². The lowest BCUT2D eigenvalue weighted by atomic mass is 9.98. The van der Waals surface area contributed by atoms with E-state index in [9.17, 15) is 14.4 Å². The van der Waals surface area contributed by atoms with E-state index in [1.54, 1.807) is 49.6 Å². The van der Waals surface area contributed by atoms with Crippen molar-refractivity contribution in [2.45, 2.75) is 26.7 Å². The quantitative estimate of drug-likeness (QED) is 0.227. The van der Waals surface area contributed by atoms with Crippen LogP contribution in [0, 0.1) is 0 Å². The van der Waals surface area contributed by atoms with E-state index in [0.29, 0.717) is 58.6 Å². The first kappa shape index (κ1) is 27.5. The summed E-state index contributed by atoms with van der Waals surface area (Å²) in [5, 5.41) is 3.07. The molecule has 0 aliphatic heterocycles. The molecular weight excluding hydrogens is 492 g/mol. The van der Waals surface area contributed by atoms with Gasteiger partial charge in [0.25, 0.3) is 11.7 Å². The molecule has 0 fully saturated rings. The number of hydrogen-bond acceptors (Lipinski definition) is 6. The van der Waals surface area contributed by atoms with Crippen molar-refractivity contribution in [3.8, 4) is 5.75 Å². The van der Waals surface area contributed by atoms with E-state index in [1.165, 1.54) is 17.2 Å². The van der Waals surface area contributed by atoms with Crippen LogP contribution in [0.5, 0.6) is 5.75 Å². The van der Waals surface area contributed by atoms with Gasteiger partial charge in [-0.25, -0.2) is 9.97 Å². The summed E-state index contributed by atoms with van der Waals surface area (Å²) >= 11 is 6.43. The van der Waals surface area contributed by atoms with Gasteiger partial charge in [-0.1, -0.05) is 42.4 Å². The highest BCUT2D eigenvalue weighted by molar-refractivity contribution is 6.43. The molecule has 0 aliphatic carbocycles. The predicted octanol–water partition coefficient (Wildman–Crippen LogP) is 4.50. The van der Waals surface area contributed by atoms with Crippen molar-refractivity contribution < 1.29 is 19.1 Å². The van der Waals surface area contributed by atoms with Crippen LogP contribution in [0.15, 0.2) is 61.3 Å². The number of ketones is 1. The molecule has 0 aliphatic rings. The number of halogens is 1. The van der Waals surface area contributed by atoms with Gasteiger partial charge in [-0.15, -0.1) is 0 Å². The second-order valence-electron chi connectivity index (χ2n) is 8.12. The van der Waals surface area contributed by atoms with Gasteiger partial charge in [-0.3, -0.25) is 14.4 Å². The molecule has 1 heterocycles. The Morgan fingerprint density at radius 2 is 1.81 bits per heavy atom. The Labute approximate surface area is 221 Å². The number of rotatable bonds is 11. The molecule has 1 aromatic heterocycles. The van der Waals surface area contributed by atoms with Gasteiger partial charge in [-0.2, -0.15) is 0 Å². The fourth-order valence-electron chi connectivity index (χ4n) is 3.86. The van der Waals surface area contributed by atoms with Crippen molar-refractivity contribution in [1.29, 1.82) is 0 Å². The Balaban J connectivity index is 1.90. The van der Waals surface area contributed by atoms with Gasteiger partial charge in [0.2, 0.25) is 5.91 Å². The molecule has 8 nitrogen and oxygen atoms in total. The maximum atomic E-state index is 13.0. The minimum absolute atomic E-state index is 0.244. The van der Waals surface area contributed by atoms with Crippen molar-refractivity contribution in [3.63, 3.8) is 0 Å². The van der Waals surface area contributed by atoms with Crippen LogP contribution in [0.1, 0.15) is 46.9 Å². The molecule has 0 atom stereocenters. The van der Waals surface area contributed by atoms with Gasteiger partial charge in [0.1, 0.15) is 11.6 Å². The largest absolute Gasteiger partial charge is 0.496 e. The molecule has 2 amide bonds. The zero-order chi connectivity index (χ0) is 26.9. The standard InChI is InChI=1S/C28H29ClN4O4/c1-5-26(34)31-20-12-13-24(37-4)19(14-20)16-25-30-17-22(29)23(32-25)15-18-10-8-9-11-21(18)27(35)28(36)33(6-2)7-3/h5,8-14,17H,1,6-7,15-16H2,2-4H3,(H,31,34). The van der Waals surface area contributed by atoms with E-state index in [2.05, 4.69) is 21.9 Å². The van der Waals surface area contributed by atoms with E-state index in [4.69, 9.17) is 16.3 Å². The van der Waals surface area contributed by atoms with Crippen LogP contribution in [0.25, 0.3) is 0 Å². The van der Waals surface area contributed by atoms with Crippen molar-refractivity contribution in [1.82, 2.24) is 14.9 Å². The Morgan fingerprint density at radius 3 is 2.49 bits per heavy atom. The summed E-state index contributed by atoms with van der Waals surface area (Å²) in [7, 11) is 1.56. The summed E-state index contributed by atoms with van der Waals surface area (Å²) in [4.78, 5) is 47.9. The van der Waals surface area contributed by atoms with Crippen LogP contribution in [-0.4, -0.2) is 52.7 Å². The van der Waals surface area contributed by atoms with E-state index >= 15 is 0 Å². The summed E-state index contributed by atoms with van der Waals surface area (Å²) in [5.41, 5.74) is 2.84. The number of hydrogen-bond donors (Lipinski definition) is 1. The molecule has 1 N–H and O–H groups in total. The van der Waals surface area contributed by atoms with E-state index in [1.807, 2.05) is 13.8 Å².